The highest BCUT2D eigenvalue weighted by molar-refractivity contribution is 5.39. The molecule has 1 fully saturated rings. The van der Waals surface area contributed by atoms with E-state index < -0.39 is 6.10 Å². The number of benzene rings is 1. The predicted octanol–water partition coefficient (Wildman–Crippen LogP) is 1.33. The Hall–Kier alpha value is -1.10. The summed E-state index contributed by atoms with van der Waals surface area (Å²) in [4.78, 5) is 4.83. The van der Waals surface area contributed by atoms with Crippen molar-refractivity contribution in [2.45, 2.75) is 19.4 Å². The van der Waals surface area contributed by atoms with Crippen LogP contribution in [0.3, 0.4) is 0 Å². The summed E-state index contributed by atoms with van der Waals surface area (Å²) in [7, 11) is 0. The van der Waals surface area contributed by atoms with Crippen molar-refractivity contribution in [1.82, 2.24) is 9.80 Å². The van der Waals surface area contributed by atoms with Gasteiger partial charge in [-0.15, -0.1) is 0 Å². The van der Waals surface area contributed by atoms with Crippen LogP contribution in [0.5, 0.6) is 0 Å². The average Bonchev–Trinajstić information content (AvgIpc) is 2.42. The lowest BCUT2D eigenvalue weighted by Gasteiger charge is -2.35. The fourth-order valence-electron chi connectivity index (χ4n) is 2.58. The normalized spacial score (nSPS) is 19.5. The molecule has 1 unspecified atom stereocenters. The van der Waals surface area contributed by atoms with Crippen LogP contribution in [-0.2, 0) is 0 Å². The molecule has 0 aliphatic carbocycles. The van der Waals surface area contributed by atoms with Gasteiger partial charge in [0.2, 0.25) is 0 Å². The van der Waals surface area contributed by atoms with Gasteiger partial charge in [-0.3, -0.25) is 4.90 Å². The second kappa shape index (κ2) is 6.89. The summed E-state index contributed by atoms with van der Waals surface area (Å²) in [5.41, 5.74) is 7.35. The van der Waals surface area contributed by atoms with Crippen molar-refractivity contribution in [3.8, 4) is 0 Å². The largest absolute Gasteiger partial charge is 0.399 e. The van der Waals surface area contributed by atoms with Crippen LogP contribution in [0.1, 0.15) is 25.0 Å². The van der Waals surface area contributed by atoms with Gasteiger partial charge >= 0.3 is 0 Å². The van der Waals surface area contributed by atoms with Gasteiger partial charge in [-0.1, -0.05) is 19.1 Å². The molecule has 4 heteroatoms. The molecule has 3 N–H and O–H groups in total. The van der Waals surface area contributed by atoms with Crippen LogP contribution in [0.2, 0.25) is 0 Å². The zero-order chi connectivity index (χ0) is 13.7. The molecule has 0 aromatic heterocycles. The van der Waals surface area contributed by atoms with Crippen LogP contribution in [0.15, 0.2) is 24.3 Å². The first-order chi connectivity index (χ1) is 9.19. The van der Waals surface area contributed by atoms with E-state index in [1.165, 1.54) is 13.0 Å². The number of anilines is 1. The molecule has 1 atom stereocenters. The van der Waals surface area contributed by atoms with Crippen LogP contribution in [-0.4, -0.2) is 54.2 Å². The van der Waals surface area contributed by atoms with Crippen LogP contribution in [0, 0.1) is 0 Å². The molecule has 0 bridgehead atoms. The molecule has 1 aliphatic heterocycles. The Morgan fingerprint density at radius 3 is 2.26 bits per heavy atom. The lowest BCUT2D eigenvalue weighted by Crippen LogP contribution is -2.47. The molecule has 4 nitrogen and oxygen atoms in total. The lowest BCUT2D eigenvalue weighted by atomic mass is 10.1. The Morgan fingerprint density at radius 1 is 1.11 bits per heavy atom. The van der Waals surface area contributed by atoms with Crippen LogP contribution in [0.4, 0.5) is 5.69 Å². The second-order valence-electron chi connectivity index (χ2n) is 5.32. The van der Waals surface area contributed by atoms with Gasteiger partial charge in [0.05, 0.1) is 6.10 Å². The fraction of sp³-hybridized carbons (Fsp3) is 0.600. The molecule has 1 aromatic carbocycles. The van der Waals surface area contributed by atoms with Crippen molar-refractivity contribution in [1.29, 1.82) is 0 Å². The maximum Gasteiger partial charge on any atom is 0.0916 e. The van der Waals surface area contributed by atoms with Gasteiger partial charge in [-0.05, 0) is 30.7 Å². The number of aliphatic hydroxyl groups is 1. The molecule has 0 spiro atoms. The maximum atomic E-state index is 10.2. The minimum absolute atomic E-state index is 0.418. The Labute approximate surface area is 115 Å². The Bertz CT molecular complexity index is 371. The highest BCUT2D eigenvalue weighted by atomic mass is 16.3. The summed E-state index contributed by atoms with van der Waals surface area (Å²) in [6.07, 6.45) is 0.798. The first-order valence-corrected chi connectivity index (χ1v) is 7.17. The number of nitrogens with two attached hydrogens (primary N) is 1. The fourth-order valence-corrected chi connectivity index (χ4v) is 2.58. The Kier molecular flexibility index (Phi) is 5.19. The third-order valence-corrected chi connectivity index (χ3v) is 3.76. The number of piperazine rings is 1. The first kappa shape index (κ1) is 14.3. The summed E-state index contributed by atoms with van der Waals surface area (Å²) in [5.74, 6) is 0. The Morgan fingerprint density at radius 2 is 1.68 bits per heavy atom. The zero-order valence-electron chi connectivity index (χ0n) is 11.8. The van der Waals surface area contributed by atoms with E-state index in [0.717, 1.165) is 37.4 Å². The SMILES string of the molecule is CCCN1CCN(CC(O)c2ccc(N)cc2)CC1. The van der Waals surface area contributed by atoms with Gasteiger partial charge in [0.15, 0.2) is 0 Å². The highest BCUT2D eigenvalue weighted by Gasteiger charge is 2.19. The topological polar surface area (TPSA) is 52.7 Å². The number of nitrogen functional groups attached to an aromatic ring is 1. The molecule has 0 amide bonds. The van der Waals surface area contributed by atoms with Gasteiger partial charge in [0.25, 0.3) is 0 Å². The van der Waals surface area contributed by atoms with Gasteiger partial charge < -0.3 is 15.7 Å². The number of rotatable bonds is 5. The first-order valence-electron chi connectivity index (χ1n) is 7.17. The minimum atomic E-state index is -0.418. The number of β-amino-alcohol motifs (C(OH)–C–C–N with tert-alkyl or cyclic N) is 1. The summed E-state index contributed by atoms with van der Waals surface area (Å²) in [5, 5.41) is 10.2. The van der Waals surface area contributed by atoms with E-state index in [2.05, 4.69) is 16.7 Å². The number of aliphatic hydroxyl groups excluding tert-OH is 1. The van der Waals surface area contributed by atoms with E-state index in [0.29, 0.717) is 6.54 Å². The van der Waals surface area contributed by atoms with Crippen molar-refractivity contribution in [2.24, 2.45) is 0 Å². The lowest BCUT2D eigenvalue weighted by molar-refractivity contribution is 0.0726. The predicted molar refractivity (Wildman–Crippen MR) is 79.0 cm³/mol. The molecule has 106 valence electrons. The Balaban J connectivity index is 1.80. The molecular weight excluding hydrogens is 238 g/mol. The van der Waals surface area contributed by atoms with Gasteiger partial charge in [-0.25, -0.2) is 0 Å². The summed E-state index contributed by atoms with van der Waals surface area (Å²) >= 11 is 0. The van der Waals surface area contributed by atoms with Crippen molar-refractivity contribution in [2.75, 3.05) is 45.0 Å². The number of hydrogen-bond acceptors (Lipinski definition) is 4. The van der Waals surface area contributed by atoms with Crippen LogP contribution in [0.25, 0.3) is 0 Å². The monoisotopic (exact) mass is 263 g/mol. The molecular formula is C15H25N3O. The summed E-state index contributed by atoms with van der Waals surface area (Å²) in [6.45, 7) is 8.44. The van der Waals surface area contributed by atoms with E-state index in [4.69, 9.17) is 5.73 Å². The van der Waals surface area contributed by atoms with Crippen LogP contribution >= 0.6 is 0 Å². The van der Waals surface area contributed by atoms with Crippen LogP contribution < -0.4 is 5.73 Å². The standard InChI is InChI=1S/C15H25N3O/c1-2-7-17-8-10-18(11-9-17)12-15(19)13-3-5-14(16)6-4-13/h3-6,15,19H,2,7-12,16H2,1H3. The highest BCUT2D eigenvalue weighted by Crippen LogP contribution is 2.16. The van der Waals surface area contributed by atoms with Crippen molar-refractivity contribution >= 4 is 5.69 Å². The molecule has 19 heavy (non-hydrogen) atoms. The number of hydrogen-bond donors (Lipinski definition) is 2. The third-order valence-electron chi connectivity index (χ3n) is 3.76. The van der Waals surface area contributed by atoms with E-state index in [1.807, 2.05) is 24.3 Å². The van der Waals surface area contributed by atoms with Crippen molar-refractivity contribution < 1.29 is 5.11 Å². The average molecular weight is 263 g/mol. The molecule has 0 saturated carbocycles. The summed E-state index contributed by atoms with van der Waals surface area (Å²) < 4.78 is 0. The quantitative estimate of drug-likeness (QED) is 0.787. The van der Waals surface area contributed by atoms with Gasteiger partial charge in [0, 0.05) is 38.4 Å². The van der Waals surface area contributed by atoms with E-state index in [1.54, 1.807) is 0 Å². The summed E-state index contributed by atoms with van der Waals surface area (Å²) in [6, 6.07) is 7.51. The van der Waals surface area contributed by atoms with E-state index in [-0.39, 0.29) is 0 Å². The molecule has 1 aliphatic rings. The van der Waals surface area contributed by atoms with Gasteiger partial charge in [-0.2, -0.15) is 0 Å². The molecule has 2 rings (SSSR count). The molecule has 1 saturated heterocycles. The van der Waals surface area contributed by atoms with Gasteiger partial charge in [0.1, 0.15) is 0 Å². The number of nitrogens with zero attached hydrogens (tertiary/aromatic N) is 2. The zero-order valence-corrected chi connectivity index (χ0v) is 11.8. The second-order valence-corrected chi connectivity index (χ2v) is 5.32. The van der Waals surface area contributed by atoms with Crippen molar-refractivity contribution in [3.63, 3.8) is 0 Å². The minimum Gasteiger partial charge on any atom is -0.399 e. The molecule has 1 heterocycles. The van der Waals surface area contributed by atoms with E-state index in [9.17, 15) is 5.11 Å². The third kappa shape index (κ3) is 4.20. The molecule has 1 aromatic rings. The maximum absolute atomic E-state index is 10.2. The smallest absolute Gasteiger partial charge is 0.0916 e. The van der Waals surface area contributed by atoms with E-state index >= 15 is 0 Å². The van der Waals surface area contributed by atoms with Crippen molar-refractivity contribution in [3.05, 3.63) is 29.8 Å². The molecule has 0 radical (unpaired) electrons.